The Labute approximate surface area is 159 Å². The van der Waals surface area contributed by atoms with Gasteiger partial charge in [0, 0.05) is 37.7 Å². The lowest BCUT2D eigenvalue weighted by Crippen LogP contribution is -2.49. The molecule has 7 heteroatoms. The fourth-order valence-electron chi connectivity index (χ4n) is 2.78. The average Bonchev–Trinajstić information content (AvgIpc) is 3.11. The van der Waals surface area contributed by atoms with Gasteiger partial charge in [0.25, 0.3) is 0 Å². The van der Waals surface area contributed by atoms with Crippen molar-refractivity contribution in [2.75, 3.05) is 26.2 Å². The maximum absolute atomic E-state index is 12.5. The van der Waals surface area contributed by atoms with Crippen molar-refractivity contribution in [2.45, 2.75) is 6.92 Å². The van der Waals surface area contributed by atoms with E-state index in [1.165, 1.54) is 15.8 Å². The molecule has 1 aliphatic heterocycles. The van der Waals surface area contributed by atoms with Gasteiger partial charge in [-0.25, -0.2) is 8.42 Å². The maximum Gasteiger partial charge on any atom is 0.246 e. The molecule has 0 atom stereocenters. The first-order chi connectivity index (χ1) is 12.9. The minimum Gasteiger partial charge on any atom is -0.462 e. The van der Waals surface area contributed by atoms with E-state index in [1.807, 2.05) is 43.3 Å². The van der Waals surface area contributed by atoms with Crippen LogP contribution in [0.2, 0.25) is 0 Å². The van der Waals surface area contributed by atoms with E-state index in [9.17, 15) is 13.2 Å². The van der Waals surface area contributed by atoms with Gasteiger partial charge >= 0.3 is 0 Å². The van der Waals surface area contributed by atoms with Gasteiger partial charge in [0.05, 0.1) is 0 Å². The minimum atomic E-state index is -3.50. The Hall–Kier alpha value is -2.64. The average molecular weight is 386 g/mol. The maximum atomic E-state index is 12.5. The van der Waals surface area contributed by atoms with E-state index in [0.29, 0.717) is 18.8 Å². The third-order valence-corrected chi connectivity index (χ3v) is 5.86. The third-order valence-electron chi connectivity index (χ3n) is 4.29. The van der Waals surface area contributed by atoms with Crippen LogP contribution in [-0.4, -0.2) is 49.7 Å². The summed E-state index contributed by atoms with van der Waals surface area (Å²) in [5.74, 6) is 1.25. The number of nitrogens with zero attached hydrogens (tertiary/aromatic N) is 2. The van der Waals surface area contributed by atoms with Crippen LogP contribution in [0.1, 0.15) is 17.1 Å². The van der Waals surface area contributed by atoms with Gasteiger partial charge in [0.15, 0.2) is 0 Å². The van der Waals surface area contributed by atoms with Crippen molar-refractivity contribution < 1.29 is 17.6 Å². The Bertz CT molecular complexity index is 937. The highest BCUT2D eigenvalue weighted by atomic mass is 32.2. The molecule has 1 saturated heterocycles. The molecule has 1 aromatic heterocycles. The molecule has 1 aliphatic rings. The summed E-state index contributed by atoms with van der Waals surface area (Å²) in [4.78, 5) is 13.9. The minimum absolute atomic E-state index is 0.152. The predicted octanol–water partition coefficient (Wildman–Crippen LogP) is 2.75. The Morgan fingerprint density at radius 2 is 1.70 bits per heavy atom. The number of hydrogen-bond acceptors (Lipinski definition) is 4. The standard InChI is InChI=1S/C20H22N2O4S/c1-17-7-8-19(26-17)9-10-20(23)21-12-14-22(15-13-21)27(24,25)16-11-18-5-3-2-4-6-18/h2-11,16H,12-15H2,1H3. The normalized spacial score (nSPS) is 16.4. The Morgan fingerprint density at radius 1 is 1.00 bits per heavy atom. The van der Waals surface area contributed by atoms with E-state index >= 15 is 0 Å². The van der Waals surface area contributed by atoms with Gasteiger partial charge in [-0.2, -0.15) is 4.31 Å². The highest BCUT2D eigenvalue weighted by molar-refractivity contribution is 7.92. The van der Waals surface area contributed by atoms with Crippen LogP contribution in [-0.2, 0) is 14.8 Å². The number of sulfonamides is 1. The number of furan rings is 1. The van der Waals surface area contributed by atoms with Crippen LogP contribution in [0.15, 0.2) is 58.4 Å². The molecule has 6 nitrogen and oxygen atoms in total. The van der Waals surface area contributed by atoms with Crippen LogP contribution in [0.25, 0.3) is 12.2 Å². The summed E-state index contributed by atoms with van der Waals surface area (Å²) < 4.78 is 31.7. The molecule has 2 heterocycles. The molecular weight excluding hydrogens is 364 g/mol. The van der Waals surface area contributed by atoms with Crippen LogP contribution in [0.4, 0.5) is 0 Å². The molecule has 0 aliphatic carbocycles. The first kappa shape index (κ1) is 19.1. The molecule has 0 bridgehead atoms. The second-order valence-electron chi connectivity index (χ2n) is 6.26. The summed E-state index contributed by atoms with van der Waals surface area (Å²) >= 11 is 0. The van der Waals surface area contributed by atoms with E-state index in [1.54, 1.807) is 23.1 Å². The van der Waals surface area contributed by atoms with Gasteiger partial charge in [0.1, 0.15) is 11.5 Å². The van der Waals surface area contributed by atoms with E-state index in [0.717, 1.165) is 11.3 Å². The van der Waals surface area contributed by atoms with E-state index in [4.69, 9.17) is 4.42 Å². The van der Waals surface area contributed by atoms with Gasteiger partial charge in [0.2, 0.25) is 15.9 Å². The zero-order valence-corrected chi connectivity index (χ0v) is 15.9. The number of piperazine rings is 1. The number of carbonyl (C=O) groups is 1. The van der Waals surface area contributed by atoms with Gasteiger partial charge in [-0.3, -0.25) is 4.79 Å². The number of aryl methyl sites for hydroxylation is 1. The largest absolute Gasteiger partial charge is 0.462 e. The second kappa shape index (κ2) is 8.37. The summed E-state index contributed by atoms with van der Waals surface area (Å²) in [5.41, 5.74) is 0.827. The van der Waals surface area contributed by atoms with Gasteiger partial charge in [-0.15, -0.1) is 0 Å². The molecule has 0 radical (unpaired) electrons. The fourth-order valence-corrected chi connectivity index (χ4v) is 3.95. The molecule has 27 heavy (non-hydrogen) atoms. The molecule has 1 aromatic carbocycles. The van der Waals surface area contributed by atoms with E-state index in [-0.39, 0.29) is 19.0 Å². The van der Waals surface area contributed by atoms with Crippen molar-refractivity contribution >= 4 is 28.1 Å². The van der Waals surface area contributed by atoms with Crippen LogP contribution in [0, 0.1) is 6.92 Å². The first-order valence-corrected chi connectivity index (χ1v) is 10.2. The predicted molar refractivity (Wildman–Crippen MR) is 105 cm³/mol. The molecule has 1 fully saturated rings. The molecule has 0 N–H and O–H groups in total. The molecule has 0 unspecified atom stereocenters. The number of hydrogen-bond donors (Lipinski definition) is 0. The molecule has 142 valence electrons. The Kier molecular flexibility index (Phi) is 5.93. The fraction of sp³-hybridized carbons (Fsp3) is 0.250. The van der Waals surface area contributed by atoms with Crippen LogP contribution < -0.4 is 0 Å². The molecule has 0 saturated carbocycles. The molecule has 2 aromatic rings. The zero-order valence-electron chi connectivity index (χ0n) is 15.1. The highest BCUT2D eigenvalue weighted by Crippen LogP contribution is 2.13. The lowest BCUT2D eigenvalue weighted by atomic mass is 10.2. The summed E-state index contributed by atoms with van der Waals surface area (Å²) in [6.07, 6.45) is 4.67. The number of amides is 1. The number of carbonyl (C=O) groups excluding carboxylic acids is 1. The van der Waals surface area contributed by atoms with Gasteiger partial charge in [-0.05, 0) is 36.8 Å². The van der Waals surface area contributed by atoms with Crippen molar-refractivity contribution in [3.05, 3.63) is 71.0 Å². The van der Waals surface area contributed by atoms with Crippen molar-refractivity contribution in [3.8, 4) is 0 Å². The molecule has 1 amide bonds. The first-order valence-electron chi connectivity index (χ1n) is 8.71. The topological polar surface area (TPSA) is 70.8 Å². The summed E-state index contributed by atoms with van der Waals surface area (Å²) in [5, 5.41) is 1.22. The SMILES string of the molecule is Cc1ccc(C=CC(=O)N2CCN(S(=O)(=O)C=Cc3ccccc3)CC2)o1. The third kappa shape index (κ3) is 5.18. The van der Waals surface area contributed by atoms with Crippen molar-refractivity contribution in [2.24, 2.45) is 0 Å². The van der Waals surface area contributed by atoms with Crippen molar-refractivity contribution in [1.29, 1.82) is 0 Å². The Balaban J connectivity index is 1.55. The zero-order chi connectivity index (χ0) is 19.3. The summed E-state index contributed by atoms with van der Waals surface area (Å²) in [6, 6.07) is 12.9. The summed E-state index contributed by atoms with van der Waals surface area (Å²) in [7, 11) is -3.50. The lowest BCUT2D eigenvalue weighted by Gasteiger charge is -2.32. The smallest absolute Gasteiger partial charge is 0.246 e. The molecule has 0 spiro atoms. The Morgan fingerprint density at radius 3 is 2.33 bits per heavy atom. The monoisotopic (exact) mass is 386 g/mol. The van der Waals surface area contributed by atoms with Crippen molar-refractivity contribution in [3.63, 3.8) is 0 Å². The number of benzene rings is 1. The van der Waals surface area contributed by atoms with Crippen molar-refractivity contribution in [1.82, 2.24) is 9.21 Å². The van der Waals surface area contributed by atoms with E-state index in [2.05, 4.69) is 0 Å². The second-order valence-corrected chi connectivity index (χ2v) is 8.08. The van der Waals surface area contributed by atoms with Crippen LogP contribution in [0.5, 0.6) is 0 Å². The molecular formula is C20H22N2O4S. The van der Waals surface area contributed by atoms with Gasteiger partial charge in [-0.1, -0.05) is 30.3 Å². The quantitative estimate of drug-likeness (QED) is 0.741. The van der Waals surface area contributed by atoms with Crippen LogP contribution in [0.3, 0.4) is 0 Å². The van der Waals surface area contributed by atoms with E-state index < -0.39 is 10.0 Å². The lowest BCUT2D eigenvalue weighted by molar-refractivity contribution is -0.127. The van der Waals surface area contributed by atoms with Gasteiger partial charge < -0.3 is 9.32 Å². The molecule has 3 rings (SSSR count). The van der Waals surface area contributed by atoms with Crippen LogP contribution >= 0.6 is 0 Å². The number of rotatable bonds is 5. The highest BCUT2D eigenvalue weighted by Gasteiger charge is 2.26. The summed E-state index contributed by atoms with van der Waals surface area (Å²) in [6.45, 7) is 3.12.